The average molecular weight is 279 g/mol. The fourth-order valence-electron chi connectivity index (χ4n) is 1.95. The predicted molar refractivity (Wildman–Crippen MR) is 76.4 cm³/mol. The van der Waals surface area contributed by atoms with Gasteiger partial charge in [-0.25, -0.2) is 0 Å². The first kappa shape index (κ1) is 13.1. The molecule has 1 atom stereocenters. The minimum absolute atomic E-state index is 0.286. The fraction of sp³-hybridized carbons (Fsp3) is 0.133. The molecule has 0 aliphatic carbocycles. The zero-order valence-electron chi connectivity index (χ0n) is 9.86. The van der Waals surface area contributed by atoms with Crippen molar-refractivity contribution in [1.82, 2.24) is 0 Å². The van der Waals surface area contributed by atoms with Gasteiger partial charge in [-0.05, 0) is 22.8 Å². The summed E-state index contributed by atoms with van der Waals surface area (Å²) in [6, 6.07) is 13.5. The van der Waals surface area contributed by atoms with Crippen LogP contribution in [0.3, 0.4) is 0 Å². The molecule has 0 spiro atoms. The first-order valence-corrected chi connectivity index (χ1v) is 6.39. The molecular weight excluding hydrogens is 267 g/mol. The van der Waals surface area contributed by atoms with Crippen LogP contribution in [-0.4, -0.2) is 6.29 Å². The third-order valence-electron chi connectivity index (χ3n) is 2.88. The third-order valence-corrected chi connectivity index (χ3v) is 3.70. The molecule has 3 heteroatoms. The average Bonchev–Trinajstić information content (AvgIpc) is 2.42. The van der Waals surface area contributed by atoms with E-state index in [1.807, 2.05) is 43.3 Å². The van der Waals surface area contributed by atoms with Crippen molar-refractivity contribution >= 4 is 29.5 Å². The molecule has 0 aliphatic heterocycles. The summed E-state index contributed by atoms with van der Waals surface area (Å²) in [5.41, 5.74) is 2.76. The van der Waals surface area contributed by atoms with E-state index in [0.29, 0.717) is 10.0 Å². The van der Waals surface area contributed by atoms with Crippen molar-refractivity contribution in [3.8, 4) is 11.1 Å². The second-order valence-electron chi connectivity index (χ2n) is 4.11. The second-order valence-corrected chi connectivity index (χ2v) is 4.90. The van der Waals surface area contributed by atoms with Gasteiger partial charge in [-0.1, -0.05) is 66.5 Å². The van der Waals surface area contributed by atoms with Crippen molar-refractivity contribution in [2.24, 2.45) is 0 Å². The fourth-order valence-corrected chi connectivity index (χ4v) is 2.45. The van der Waals surface area contributed by atoms with Crippen LogP contribution in [0.1, 0.15) is 18.4 Å². The van der Waals surface area contributed by atoms with Gasteiger partial charge >= 0.3 is 0 Å². The van der Waals surface area contributed by atoms with Gasteiger partial charge in [0.15, 0.2) is 0 Å². The first-order chi connectivity index (χ1) is 8.65. The van der Waals surface area contributed by atoms with Crippen LogP contribution in [0.15, 0.2) is 42.5 Å². The molecular formula is C15H12Cl2O. The van der Waals surface area contributed by atoms with Crippen LogP contribution in [0.4, 0.5) is 0 Å². The maximum absolute atomic E-state index is 11.1. The molecule has 0 aliphatic rings. The monoisotopic (exact) mass is 278 g/mol. The highest BCUT2D eigenvalue weighted by atomic mass is 35.5. The summed E-state index contributed by atoms with van der Waals surface area (Å²) in [7, 11) is 0. The van der Waals surface area contributed by atoms with Crippen LogP contribution < -0.4 is 0 Å². The van der Waals surface area contributed by atoms with Crippen LogP contribution in [0.5, 0.6) is 0 Å². The molecule has 0 radical (unpaired) electrons. The number of carbonyl (C=O) groups excluding carboxylic acids is 1. The van der Waals surface area contributed by atoms with Crippen LogP contribution in [0.2, 0.25) is 10.0 Å². The number of halogens is 2. The largest absolute Gasteiger partial charge is 0.303 e. The Bertz CT molecular complexity index is 564. The van der Waals surface area contributed by atoms with Crippen LogP contribution in [-0.2, 0) is 4.79 Å². The zero-order chi connectivity index (χ0) is 13.1. The Labute approximate surface area is 116 Å². The number of hydrogen-bond donors (Lipinski definition) is 0. The Hall–Kier alpha value is -1.31. The Morgan fingerprint density at radius 2 is 1.72 bits per heavy atom. The van der Waals surface area contributed by atoms with Gasteiger partial charge in [-0.3, -0.25) is 0 Å². The van der Waals surface area contributed by atoms with Crippen molar-refractivity contribution in [2.45, 2.75) is 12.8 Å². The molecule has 2 aromatic carbocycles. The van der Waals surface area contributed by atoms with Crippen LogP contribution in [0, 0.1) is 0 Å². The van der Waals surface area contributed by atoms with Gasteiger partial charge < -0.3 is 4.79 Å². The Morgan fingerprint density at radius 3 is 2.33 bits per heavy atom. The van der Waals surface area contributed by atoms with Gasteiger partial charge in [0.2, 0.25) is 0 Å². The Balaban J connectivity index is 2.68. The van der Waals surface area contributed by atoms with Crippen molar-refractivity contribution in [3.63, 3.8) is 0 Å². The van der Waals surface area contributed by atoms with Crippen molar-refractivity contribution < 1.29 is 4.79 Å². The van der Waals surface area contributed by atoms with E-state index in [0.717, 1.165) is 23.0 Å². The lowest BCUT2D eigenvalue weighted by atomic mass is 9.92. The third kappa shape index (κ3) is 2.43. The van der Waals surface area contributed by atoms with Gasteiger partial charge in [0, 0.05) is 5.92 Å². The van der Waals surface area contributed by atoms with E-state index in [2.05, 4.69) is 0 Å². The van der Waals surface area contributed by atoms with E-state index in [-0.39, 0.29) is 5.92 Å². The van der Waals surface area contributed by atoms with E-state index >= 15 is 0 Å². The van der Waals surface area contributed by atoms with E-state index < -0.39 is 0 Å². The predicted octanol–water partition coefficient (Wildman–Crippen LogP) is 4.96. The maximum Gasteiger partial charge on any atom is 0.127 e. The summed E-state index contributed by atoms with van der Waals surface area (Å²) >= 11 is 12.3. The molecule has 92 valence electrons. The number of aldehydes is 1. The summed E-state index contributed by atoms with van der Waals surface area (Å²) in [5.74, 6) is -0.286. The highest BCUT2D eigenvalue weighted by molar-refractivity contribution is 6.42. The first-order valence-electron chi connectivity index (χ1n) is 5.63. The number of benzene rings is 2. The van der Waals surface area contributed by atoms with Crippen molar-refractivity contribution in [2.75, 3.05) is 0 Å². The smallest absolute Gasteiger partial charge is 0.127 e. The zero-order valence-corrected chi connectivity index (χ0v) is 11.4. The van der Waals surface area contributed by atoms with E-state index in [1.165, 1.54) is 0 Å². The summed E-state index contributed by atoms with van der Waals surface area (Å²) in [4.78, 5) is 11.1. The van der Waals surface area contributed by atoms with E-state index in [4.69, 9.17) is 23.2 Å². The van der Waals surface area contributed by atoms with Gasteiger partial charge in [0.05, 0.1) is 10.0 Å². The molecule has 0 fully saturated rings. The minimum Gasteiger partial charge on any atom is -0.303 e. The molecule has 0 heterocycles. The molecule has 0 aromatic heterocycles. The standard InChI is InChI=1S/C15H12Cl2O/c1-10(9-18)14-12(7-8-13(16)15(14)17)11-5-3-2-4-6-11/h2-10H,1H3. The summed E-state index contributed by atoms with van der Waals surface area (Å²) < 4.78 is 0. The van der Waals surface area contributed by atoms with E-state index in [1.54, 1.807) is 6.07 Å². The lowest BCUT2D eigenvalue weighted by Crippen LogP contribution is -1.99. The van der Waals surface area contributed by atoms with Gasteiger partial charge in [0.1, 0.15) is 6.29 Å². The van der Waals surface area contributed by atoms with Gasteiger partial charge in [0.25, 0.3) is 0 Å². The van der Waals surface area contributed by atoms with Gasteiger partial charge in [-0.15, -0.1) is 0 Å². The summed E-state index contributed by atoms with van der Waals surface area (Å²) in [6.45, 7) is 1.82. The second kappa shape index (κ2) is 5.55. The molecule has 18 heavy (non-hydrogen) atoms. The molecule has 0 saturated carbocycles. The molecule has 0 N–H and O–H groups in total. The van der Waals surface area contributed by atoms with Crippen LogP contribution >= 0.6 is 23.2 Å². The van der Waals surface area contributed by atoms with Crippen molar-refractivity contribution in [1.29, 1.82) is 0 Å². The van der Waals surface area contributed by atoms with Gasteiger partial charge in [-0.2, -0.15) is 0 Å². The molecule has 1 unspecified atom stereocenters. The molecule has 0 saturated heterocycles. The number of carbonyl (C=O) groups is 1. The molecule has 2 rings (SSSR count). The normalized spacial score (nSPS) is 12.2. The molecule has 0 amide bonds. The maximum atomic E-state index is 11.1. The minimum atomic E-state index is -0.286. The number of rotatable bonds is 3. The SMILES string of the molecule is CC(C=O)c1c(-c2ccccc2)ccc(Cl)c1Cl. The Morgan fingerprint density at radius 1 is 1.06 bits per heavy atom. The summed E-state index contributed by atoms with van der Waals surface area (Å²) in [5, 5.41) is 0.928. The van der Waals surface area contributed by atoms with Crippen molar-refractivity contribution in [3.05, 3.63) is 58.1 Å². The highest BCUT2D eigenvalue weighted by Gasteiger charge is 2.17. The lowest BCUT2D eigenvalue weighted by molar-refractivity contribution is -0.108. The lowest BCUT2D eigenvalue weighted by Gasteiger charge is -2.15. The quantitative estimate of drug-likeness (QED) is 0.725. The summed E-state index contributed by atoms with van der Waals surface area (Å²) in [6.07, 6.45) is 0.879. The van der Waals surface area contributed by atoms with Crippen LogP contribution in [0.25, 0.3) is 11.1 Å². The molecule has 1 nitrogen and oxygen atoms in total. The molecule has 0 bridgehead atoms. The topological polar surface area (TPSA) is 17.1 Å². The Kier molecular flexibility index (Phi) is 4.05. The highest BCUT2D eigenvalue weighted by Crippen LogP contribution is 2.38. The molecule has 2 aromatic rings. The van der Waals surface area contributed by atoms with E-state index in [9.17, 15) is 4.79 Å². The number of hydrogen-bond acceptors (Lipinski definition) is 1.